The number of β-amino-alcohol motifs (C(OH)–C–C–N with tert-alkyl or cyclic N) is 1. The Morgan fingerprint density at radius 1 is 1.03 bits per heavy atom. The molecule has 6 nitrogen and oxygen atoms in total. The topological polar surface area (TPSA) is 54.4 Å². The van der Waals surface area contributed by atoms with Crippen LogP contribution in [0.5, 0.6) is 11.5 Å². The van der Waals surface area contributed by atoms with E-state index in [1.165, 1.54) is 11.3 Å². The van der Waals surface area contributed by atoms with E-state index in [2.05, 4.69) is 22.8 Å². The maximum absolute atomic E-state index is 10.4. The number of ether oxygens (including phenoxy) is 3. The lowest BCUT2D eigenvalue weighted by Crippen LogP contribution is -2.49. The largest absolute Gasteiger partial charge is 0.497 e. The van der Waals surface area contributed by atoms with Crippen LogP contribution in [-0.4, -0.2) is 69.7 Å². The number of anilines is 1. The van der Waals surface area contributed by atoms with Crippen LogP contribution in [0.4, 0.5) is 5.69 Å². The predicted molar refractivity (Wildman–Crippen MR) is 127 cm³/mol. The van der Waals surface area contributed by atoms with Gasteiger partial charge in [0.1, 0.15) is 11.5 Å². The van der Waals surface area contributed by atoms with E-state index in [9.17, 15) is 5.11 Å². The second-order valence-corrected chi connectivity index (χ2v) is 8.00. The molecule has 1 fully saturated rings. The molecule has 0 spiro atoms. The van der Waals surface area contributed by atoms with Crippen molar-refractivity contribution in [1.29, 1.82) is 0 Å². The molecule has 172 valence electrons. The molecule has 0 aliphatic carbocycles. The highest BCUT2D eigenvalue weighted by atomic mass is 35.5. The Kier molecular flexibility index (Phi) is 10.2. The molecule has 1 unspecified atom stereocenters. The van der Waals surface area contributed by atoms with E-state index in [4.69, 9.17) is 25.8 Å². The van der Waals surface area contributed by atoms with Gasteiger partial charge in [0.15, 0.2) is 0 Å². The summed E-state index contributed by atoms with van der Waals surface area (Å²) < 4.78 is 16.4. The van der Waals surface area contributed by atoms with Crippen molar-refractivity contribution in [3.63, 3.8) is 0 Å². The first kappa shape index (κ1) is 25.6. The van der Waals surface area contributed by atoms with E-state index < -0.39 is 6.10 Å². The molecule has 1 heterocycles. The van der Waals surface area contributed by atoms with Gasteiger partial charge in [0.05, 0.1) is 33.5 Å². The molecular formula is C23H32Cl2N2O4. The van der Waals surface area contributed by atoms with Crippen molar-refractivity contribution < 1.29 is 19.3 Å². The second kappa shape index (κ2) is 12.4. The quantitative estimate of drug-likeness (QED) is 0.601. The number of rotatable bonds is 9. The standard InChI is InChI=1S/C23H31ClN2O4.ClH/c1-17-4-5-19(24)13-22(17)26-10-8-25(9-11-26)14-20(27)16-30-15-18-12-21(28-2)6-7-23(18)29-3;/h4-7,12-13,20,27H,8-11,14-16H2,1-3H3;1H. The predicted octanol–water partition coefficient (Wildman–Crippen LogP) is 3.79. The summed E-state index contributed by atoms with van der Waals surface area (Å²) in [4.78, 5) is 4.63. The van der Waals surface area contributed by atoms with E-state index in [0.29, 0.717) is 13.2 Å². The Balaban J connectivity index is 0.00000341. The summed E-state index contributed by atoms with van der Waals surface area (Å²) in [5, 5.41) is 11.2. The number of piperazine rings is 1. The zero-order valence-electron chi connectivity index (χ0n) is 18.3. The molecule has 1 N–H and O–H groups in total. The highest BCUT2D eigenvalue weighted by Gasteiger charge is 2.21. The Hall–Kier alpha value is -1.70. The summed E-state index contributed by atoms with van der Waals surface area (Å²) >= 11 is 6.16. The average molecular weight is 471 g/mol. The SMILES string of the molecule is COc1ccc(OC)c(COCC(O)CN2CCN(c3cc(Cl)ccc3C)CC2)c1.Cl. The van der Waals surface area contributed by atoms with E-state index in [1.807, 2.05) is 30.3 Å². The molecule has 31 heavy (non-hydrogen) atoms. The van der Waals surface area contributed by atoms with E-state index >= 15 is 0 Å². The fraction of sp³-hybridized carbons (Fsp3) is 0.478. The summed E-state index contributed by atoms with van der Waals surface area (Å²) in [6, 6.07) is 11.6. The molecule has 0 saturated carbocycles. The molecular weight excluding hydrogens is 439 g/mol. The van der Waals surface area contributed by atoms with E-state index in [1.54, 1.807) is 14.2 Å². The highest BCUT2D eigenvalue weighted by Crippen LogP contribution is 2.26. The molecule has 3 rings (SSSR count). The Morgan fingerprint density at radius 3 is 2.45 bits per heavy atom. The number of hydrogen-bond donors (Lipinski definition) is 1. The van der Waals surface area contributed by atoms with Gasteiger partial charge in [-0.2, -0.15) is 0 Å². The van der Waals surface area contributed by atoms with Gasteiger partial charge < -0.3 is 24.2 Å². The molecule has 0 aromatic heterocycles. The van der Waals surface area contributed by atoms with Crippen LogP contribution in [0.2, 0.25) is 5.02 Å². The van der Waals surface area contributed by atoms with Crippen molar-refractivity contribution in [1.82, 2.24) is 4.90 Å². The number of benzene rings is 2. The number of halogens is 2. The lowest BCUT2D eigenvalue weighted by atomic mass is 10.1. The third-order valence-corrected chi connectivity index (χ3v) is 5.64. The van der Waals surface area contributed by atoms with Gasteiger partial charge in [-0.15, -0.1) is 12.4 Å². The Morgan fingerprint density at radius 2 is 1.77 bits per heavy atom. The first-order valence-electron chi connectivity index (χ1n) is 10.2. The minimum absolute atomic E-state index is 0. The van der Waals surface area contributed by atoms with Crippen LogP contribution in [0.3, 0.4) is 0 Å². The molecule has 0 amide bonds. The fourth-order valence-electron chi connectivity index (χ4n) is 3.74. The average Bonchev–Trinajstić information content (AvgIpc) is 2.76. The third kappa shape index (κ3) is 7.16. The first-order valence-corrected chi connectivity index (χ1v) is 10.6. The van der Waals surface area contributed by atoms with Crippen LogP contribution in [0.15, 0.2) is 36.4 Å². The monoisotopic (exact) mass is 470 g/mol. The number of aryl methyl sites for hydroxylation is 1. The lowest BCUT2D eigenvalue weighted by Gasteiger charge is -2.37. The molecule has 1 aliphatic rings. The first-order chi connectivity index (χ1) is 14.5. The van der Waals surface area contributed by atoms with E-state index in [0.717, 1.165) is 48.3 Å². The van der Waals surface area contributed by atoms with Gasteiger partial charge in [-0.05, 0) is 42.8 Å². The molecule has 0 radical (unpaired) electrons. The Bertz CT molecular complexity index is 829. The zero-order chi connectivity index (χ0) is 21.5. The molecule has 2 aromatic rings. The van der Waals surface area contributed by atoms with Crippen LogP contribution in [0.1, 0.15) is 11.1 Å². The maximum atomic E-state index is 10.4. The molecule has 2 aromatic carbocycles. The number of nitrogens with zero attached hydrogens (tertiary/aromatic N) is 2. The molecule has 1 atom stereocenters. The van der Waals surface area contributed by atoms with Gasteiger partial charge in [0, 0.05) is 49.0 Å². The summed E-state index contributed by atoms with van der Waals surface area (Å²) in [6.07, 6.45) is -0.541. The second-order valence-electron chi connectivity index (χ2n) is 7.57. The summed E-state index contributed by atoms with van der Waals surface area (Å²) in [6.45, 7) is 6.95. The van der Waals surface area contributed by atoms with Crippen molar-refractivity contribution in [2.24, 2.45) is 0 Å². The van der Waals surface area contributed by atoms with Gasteiger partial charge in [0.25, 0.3) is 0 Å². The number of aliphatic hydroxyl groups excluding tert-OH is 1. The van der Waals surface area contributed by atoms with Crippen LogP contribution < -0.4 is 14.4 Å². The molecule has 1 saturated heterocycles. The van der Waals surface area contributed by atoms with Crippen molar-refractivity contribution in [2.75, 3.05) is 58.5 Å². The summed E-state index contributed by atoms with van der Waals surface area (Å²) in [5.41, 5.74) is 3.32. The summed E-state index contributed by atoms with van der Waals surface area (Å²) in [5.74, 6) is 1.50. The van der Waals surface area contributed by atoms with Gasteiger partial charge in [-0.1, -0.05) is 17.7 Å². The Labute approximate surface area is 196 Å². The minimum atomic E-state index is -0.541. The number of methoxy groups -OCH3 is 2. The maximum Gasteiger partial charge on any atom is 0.124 e. The molecule has 1 aliphatic heterocycles. The lowest BCUT2D eigenvalue weighted by molar-refractivity contribution is 0.00862. The summed E-state index contributed by atoms with van der Waals surface area (Å²) in [7, 11) is 3.26. The third-order valence-electron chi connectivity index (χ3n) is 5.41. The van der Waals surface area contributed by atoms with Crippen LogP contribution in [0, 0.1) is 6.92 Å². The van der Waals surface area contributed by atoms with Gasteiger partial charge in [-0.3, -0.25) is 4.90 Å². The van der Waals surface area contributed by atoms with Crippen molar-refractivity contribution in [3.8, 4) is 11.5 Å². The number of aliphatic hydroxyl groups is 1. The van der Waals surface area contributed by atoms with Gasteiger partial charge in [-0.25, -0.2) is 0 Å². The van der Waals surface area contributed by atoms with Gasteiger partial charge in [0.2, 0.25) is 0 Å². The van der Waals surface area contributed by atoms with Crippen molar-refractivity contribution in [3.05, 3.63) is 52.5 Å². The number of hydrogen-bond acceptors (Lipinski definition) is 6. The van der Waals surface area contributed by atoms with Crippen LogP contribution >= 0.6 is 24.0 Å². The minimum Gasteiger partial charge on any atom is -0.497 e. The van der Waals surface area contributed by atoms with Crippen LogP contribution in [-0.2, 0) is 11.3 Å². The van der Waals surface area contributed by atoms with Crippen molar-refractivity contribution >= 4 is 29.7 Å². The fourth-order valence-corrected chi connectivity index (χ4v) is 3.91. The van der Waals surface area contributed by atoms with Crippen LogP contribution in [0.25, 0.3) is 0 Å². The van der Waals surface area contributed by atoms with Gasteiger partial charge >= 0.3 is 0 Å². The smallest absolute Gasteiger partial charge is 0.124 e. The molecule has 0 bridgehead atoms. The normalized spacial score (nSPS) is 15.3. The highest BCUT2D eigenvalue weighted by molar-refractivity contribution is 6.30. The molecule has 8 heteroatoms. The zero-order valence-corrected chi connectivity index (χ0v) is 19.9. The van der Waals surface area contributed by atoms with E-state index in [-0.39, 0.29) is 19.0 Å². The van der Waals surface area contributed by atoms with Crippen molar-refractivity contribution in [2.45, 2.75) is 19.6 Å².